The zero-order chi connectivity index (χ0) is 14.9. The first-order chi connectivity index (χ1) is 10.1. The van der Waals surface area contributed by atoms with Gasteiger partial charge in [0.15, 0.2) is 0 Å². The minimum Gasteiger partial charge on any atom is -0.381 e. The average molecular weight is 309 g/mol. The molecule has 5 heteroatoms. The number of carbonyl (C=O) groups is 1. The monoisotopic (exact) mass is 308 g/mol. The van der Waals surface area contributed by atoms with Gasteiger partial charge in [-0.2, -0.15) is 0 Å². The van der Waals surface area contributed by atoms with E-state index < -0.39 is 5.41 Å². The van der Waals surface area contributed by atoms with Gasteiger partial charge in [-0.1, -0.05) is 23.7 Å². The molecule has 3 rings (SSSR count). The van der Waals surface area contributed by atoms with Crippen molar-refractivity contribution in [2.75, 3.05) is 26.3 Å². The van der Waals surface area contributed by atoms with Crippen molar-refractivity contribution in [2.24, 2.45) is 5.73 Å². The molecule has 1 amide bonds. The van der Waals surface area contributed by atoms with E-state index in [1.54, 1.807) is 0 Å². The Balaban J connectivity index is 1.95. The molecule has 2 aliphatic heterocycles. The Kier molecular flexibility index (Phi) is 4.20. The van der Waals surface area contributed by atoms with E-state index in [1.165, 1.54) is 0 Å². The summed E-state index contributed by atoms with van der Waals surface area (Å²) in [7, 11) is 0. The fraction of sp³-hybridized carbons (Fsp3) is 0.562. The van der Waals surface area contributed by atoms with Crippen molar-refractivity contribution in [1.82, 2.24) is 4.90 Å². The van der Waals surface area contributed by atoms with Crippen LogP contribution >= 0.6 is 11.6 Å². The Morgan fingerprint density at radius 1 is 1.38 bits per heavy atom. The second-order valence-corrected chi connectivity index (χ2v) is 6.44. The summed E-state index contributed by atoms with van der Waals surface area (Å²) in [6.07, 6.45) is 2.30. The lowest BCUT2D eigenvalue weighted by molar-refractivity contribution is -0.140. The van der Waals surface area contributed by atoms with Crippen LogP contribution in [0.4, 0.5) is 0 Å². The number of benzene rings is 1. The lowest BCUT2D eigenvalue weighted by Gasteiger charge is -2.39. The van der Waals surface area contributed by atoms with Crippen LogP contribution in [0.3, 0.4) is 0 Å². The summed E-state index contributed by atoms with van der Waals surface area (Å²) < 4.78 is 5.48. The number of rotatable bonds is 2. The predicted molar refractivity (Wildman–Crippen MR) is 82.4 cm³/mol. The molecule has 1 aromatic carbocycles. The molecule has 2 heterocycles. The first kappa shape index (κ1) is 14.8. The molecular formula is C16H21ClN2O2. The van der Waals surface area contributed by atoms with Crippen molar-refractivity contribution < 1.29 is 9.53 Å². The van der Waals surface area contributed by atoms with E-state index in [4.69, 9.17) is 22.1 Å². The summed E-state index contributed by atoms with van der Waals surface area (Å²) in [6, 6.07) is 7.78. The number of nitrogens with two attached hydrogens (primary N) is 1. The second kappa shape index (κ2) is 5.95. The SMILES string of the molecule is N[C@@H]1CCN(C(=O)C2(c3cccc(Cl)c3)CCOCC2)C1. The molecule has 2 N–H and O–H groups in total. The van der Waals surface area contributed by atoms with Gasteiger partial charge in [0.2, 0.25) is 5.91 Å². The molecule has 2 aliphatic rings. The summed E-state index contributed by atoms with van der Waals surface area (Å²) in [5.41, 5.74) is 6.46. The third-order valence-electron chi connectivity index (χ3n) is 4.64. The molecule has 0 aromatic heterocycles. The Labute approximate surface area is 130 Å². The molecule has 2 saturated heterocycles. The van der Waals surface area contributed by atoms with E-state index in [-0.39, 0.29) is 11.9 Å². The molecular weight excluding hydrogens is 288 g/mol. The van der Waals surface area contributed by atoms with Crippen LogP contribution in [-0.4, -0.2) is 43.2 Å². The fourth-order valence-corrected chi connectivity index (χ4v) is 3.60. The van der Waals surface area contributed by atoms with E-state index in [9.17, 15) is 4.79 Å². The molecule has 0 saturated carbocycles. The number of nitrogens with zero attached hydrogens (tertiary/aromatic N) is 1. The van der Waals surface area contributed by atoms with Crippen LogP contribution in [0.5, 0.6) is 0 Å². The van der Waals surface area contributed by atoms with E-state index >= 15 is 0 Å². The minimum absolute atomic E-state index is 0.102. The van der Waals surface area contributed by atoms with Gasteiger partial charge < -0.3 is 15.4 Å². The third-order valence-corrected chi connectivity index (χ3v) is 4.88. The fourth-order valence-electron chi connectivity index (χ4n) is 3.41. The van der Waals surface area contributed by atoms with Crippen molar-refractivity contribution >= 4 is 17.5 Å². The van der Waals surface area contributed by atoms with Gasteiger partial charge in [-0.15, -0.1) is 0 Å². The van der Waals surface area contributed by atoms with Crippen LogP contribution in [0.25, 0.3) is 0 Å². The lowest BCUT2D eigenvalue weighted by atomic mass is 9.73. The molecule has 0 aliphatic carbocycles. The molecule has 1 atom stereocenters. The van der Waals surface area contributed by atoms with E-state index in [1.807, 2.05) is 29.2 Å². The maximum absolute atomic E-state index is 13.2. The first-order valence-electron chi connectivity index (χ1n) is 7.50. The topological polar surface area (TPSA) is 55.6 Å². The number of halogens is 1. The number of hydrogen-bond acceptors (Lipinski definition) is 3. The van der Waals surface area contributed by atoms with Gasteiger partial charge in [0.1, 0.15) is 0 Å². The maximum atomic E-state index is 13.2. The van der Waals surface area contributed by atoms with Gasteiger partial charge in [-0.3, -0.25) is 4.79 Å². The van der Waals surface area contributed by atoms with Gasteiger partial charge >= 0.3 is 0 Å². The Hall–Kier alpha value is -1.10. The second-order valence-electron chi connectivity index (χ2n) is 6.00. The van der Waals surface area contributed by atoms with Crippen LogP contribution in [-0.2, 0) is 14.9 Å². The molecule has 4 nitrogen and oxygen atoms in total. The molecule has 114 valence electrons. The van der Waals surface area contributed by atoms with Gasteiger partial charge in [0, 0.05) is 37.4 Å². The van der Waals surface area contributed by atoms with Crippen molar-refractivity contribution in [2.45, 2.75) is 30.7 Å². The Bertz CT molecular complexity index is 529. The molecule has 1 aromatic rings. The van der Waals surface area contributed by atoms with Gasteiger partial charge in [-0.05, 0) is 37.0 Å². The molecule has 0 bridgehead atoms. The highest BCUT2D eigenvalue weighted by molar-refractivity contribution is 6.30. The average Bonchev–Trinajstić information content (AvgIpc) is 2.94. The van der Waals surface area contributed by atoms with E-state index in [0.717, 1.165) is 18.5 Å². The number of likely N-dealkylation sites (tertiary alicyclic amines) is 1. The molecule has 0 radical (unpaired) electrons. The summed E-state index contributed by atoms with van der Waals surface area (Å²) >= 11 is 6.14. The van der Waals surface area contributed by atoms with Crippen LogP contribution in [0, 0.1) is 0 Å². The van der Waals surface area contributed by atoms with E-state index in [0.29, 0.717) is 37.6 Å². The van der Waals surface area contributed by atoms with Crippen molar-refractivity contribution in [3.8, 4) is 0 Å². The molecule has 2 fully saturated rings. The molecule has 21 heavy (non-hydrogen) atoms. The smallest absolute Gasteiger partial charge is 0.233 e. The van der Waals surface area contributed by atoms with E-state index in [2.05, 4.69) is 0 Å². The zero-order valence-corrected chi connectivity index (χ0v) is 12.8. The predicted octanol–water partition coefficient (Wildman–Crippen LogP) is 1.95. The van der Waals surface area contributed by atoms with Crippen LogP contribution in [0.2, 0.25) is 5.02 Å². The largest absolute Gasteiger partial charge is 0.381 e. The number of amides is 1. The van der Waals surface area contributed by atoms with Crippen molar-refractivity contribution in [3.63, 3.8) is 0 Å². The molecule has 0 spiro atoms. The number of carbonyl (C=O) groups excluding carboxylic acids is 1. The first-order valence-corrected chi connectivity index (χ1v) is 7.88. The highest BCUT2D eigenvalue weighted by Crippen LogP contribution is 2.38. The minimum atomic E-state index is -0.507. The quantitative estimate of drug-likeness (QED) is 0.908. The summed E-state index contributed by atoms with van der Waals surface area (Å²) in [5.74, 6) is 0.181. The lowest BCUT2D eigenvalue weighted by Crippen LogP contribution is -2.49. The zero-order valence-electron chi connectivity index (χ0n) is 12.1. The molecule has 0 unspecified atom stereocenters. The van der Waals surface area contributed by atoms with Gasteiger partial charge in [0.25, 0.3) is 0 Å². The normalized spacial score (nSPS) is 25.0. The van der Waals surface area contributed by atoms with Crippen LogP contribution < -0.4 is 5.73 Å². The number of ether oxygens (including phenoxy) is 1. The third kappa shape index (κ3) is 2.80. The summed E-state index contributed by atoms with van der Waals surface area (Å²) in [6.45, 7) is 2.63. The van der Waals surface area contributed by atoms with Crippen molar-refractivity contribution in [1.29, 1.82) is 0 Å². The van der Waals surface area contributed by atoms with Crippen molar-refractivity contribution in [3.05, 3.63) is 34.9 Å². The Morgan fingerprint density at radius 3 is 2.76 bits per heavy atom. The standard InChI is InChI=1S/C16H21ClN2O2/c17-13-3-1-2-12(10-13)16(5-8-21-9-6-16)15(20)19-7-4-14(18)11-19/h1-3,10,14H,4-9,11,18H2/t14-/m1/s1. The van der Waals surface area contributed by atoms with Gasteiger partial charge in [-0.25, -0.2) is 0 Å². The number of hydrogen-bond donors (Lipinski definition) is 1. The highest BCUT2D eigenvalue weighted by Gasteiger charge is 2.45. The van der Waals surface area contributed by atoms with Gasteiger partial charge in [0.05, 0.1) is 5.41 Å². The van der Waals surface area contributed by atoms with Crippen LogP contribution in [0.1, 0.15) is 24.8 Å². The summed E-state index contributed by atoms with van der Waals surface area (Å²) in [5, 5.41) is 0.671. The Morgan fingerprint density at radius 2 is 2.14 bits per heavy atom. The highest BCUT2D eigenvalue weighted by atomic mass is 35.5. The maximum Gasteiger partial charge on any atom is 0.233 e. The van der Waals surface area contributed by atoms with Crippen LogP contribution in [0.15, 0.2) is 24.3 Å². The summed E-state index contributed by atoms with van der Waals surface area (Å²) in [4.78, 5) is 15.1.